The van der Waals surface area contributed by atoms with Crippen molar-refractivity contribution in [2.24, 2.45) is 0 Å². The lowest BCUT2D eigenvalue weighted by Gasteiger charge is -2.10. The van der Waals surface area contributed by atoms with Crippen molar-refractivity contribution in [3.63, 3.8) is 0 Å². The smallest absolute Gasteiger partial charge is 0.328 e. The molecule has 82 valence electrons. The van der Waals surface area contributed by atoms with E-state index in [0.717, 1.165) is 0 Å². The molecule has 3 N–H and O–H groups in total. The van der Waals surface area contributed by atoms with Crippen LogP contribution in [0.1, 0.15) is 16.1 Å². The second-order valence-electron chi connectivity index (χ2n) is 2.98. The maximum atomic E-state index is 11.4. The largest absolute Gasteiger partial charge is 0.480 e. The van der Waals surface area contributed by atoms with Gasteiger partial charge >= 0.3 is 5.97 Å². The van der Waals surface area contributed by atoms with Gasteiger partial charge in [-0.1, -0.05) is 0 Å². The lowest BCUT2D eigenvalue weighted by atomic mass is 10.2. The predicted molar refractivity (Wildman–Crippen MR) is 49.4 cm³/mol. The van der Waals surface area contributed by atoms with Gasteiger partial charge in [-0.05, 0) is 13.0 Å². The Morgan fingerprint density at radius 3 is 2.67 bits per heavy atom. The first-order chi connectivity index (χ1) is 7.06. The molecule has 1 amide bonds. The average Bonchev–Trinajstić information content (AvgIpc) is 2.60. The van der Waals surface area contributed by atoms with Crippen LogP contribution >= 0.6 is 0 Å². The Kier molecular flexibility index (Phi) is 3.46. The molecule has 0 fully saturated rings. The molecule has 6 heteroatoms. The van der Waals surface area contributed by atoms with E-state index < -0.39 is 24.5 Å². The topological polar surface area (TPSA) is 99.8 Å². The Labute approximate surface area is 85.5 Å². The summed E-state index contributed by atoms with van der Waals surface area (Å²) < 4.78 is 4.86. The number of hydrogen-bond donors (Lipinski definition) is 3. The maximum absolute atomic E-state index is 11.4. The third-order valence-corrected chi connectivity index (χ3v) is 1.85. The summed E-state index contributed by atoms with van der Waals surface area (Å²) in [4.78, 5) is 21.9. The summed E-state index contributed by atoms with van der Waals surface area (Å²) in [7, 11) is 0. The molecule has 0 aliphatic carbocycles. The predicted octanol–water partition coefficient (Wildman–Crippen LogP) is -0.237. The van der Waals surface area contributed by atoms with E-state index in [4.69, 9.17) is 14.6 Å². The lowest BCUT2D eigenvalue weighted by Crippen LogP contribution is -2.43. The molecule has 0 aromatic carbocycles. The number of aliphatic hydroxyl groups excluding tert-OH is 1. The molecule has 1 unspecified atom stereocenters. The highest BCUT2D eigenvalue weighted by Crippen LogP contribution is 2.08. The molecule has 0 saturated heterocycles. The molecule has 0 saturated carbocycles. The third kappa shape index (κ3) is 2.57. The number of carbonyl (C=O) groups excluding carboxylic acids is 1. The maximum Gasteiger partial charge on any atom is 0.328 e. The van der Waals surface area contributed by atoms with Crippen molar-refractivity contribution >= 4 is 11.9 Å². The van der Waals surface area contributed by atoms with Gasteiger partial charge in [0.2, 0.25) is 0 Å². The number of carboxylic acid groups (broad SMARTS) is 1. The van der Waals surface area contributed by atoms with Crippen molar-refractivity contribution < 1.29 is 24.2 Å². The summed E-state index contributed by atoms with van der Waals surface area (Å²) in [6.07, 6.45) is 1.33. The van der Waals surface area contributed by atoms with Crippen molar-refractivity contribution in [3.8, 4) is 0 Å². The summed E-state index contributed by atoms with van der Waals surface area (Å²) in [6.45, 7) is 0.994. The SMILES string of the molecule is Cc1ccoc1C(=O)NC(CO)C(=O)O. The van der Waals surface area contributed by atoms with Crippen molar-refractivity contribution in [1.82, 2.24) is 5.32 Å². The van der Waals surface area contributed by atoms with Gasteiger partial charge in [0, 0.05) is 5.56 Å². The zero-order valence-corrected chi connectivity index (χ0v) is 8.06. The molecule has 0 spiro atoms. The van der Waals surface area contributed by atoms with Gasteiger partial charge in [0.05, 0.1) is 12.9 Å². The number of carboxylic acids is 1. The zero-order valence-electron chi connectivity index (χ0n) is 8.06. The van der Waals surface area contributed by atoms with Crippen LogP contribution in [0.5, 0.6) is 0 Å². The van der Waals surface area contributed by atoms with Crippen molar-refractivity contribution in [2.45, 2.75) is 13.0 Å². The van der Waals surface area contributed by atoms with Gasteiger partial charge in [-0.3, -0.25) is 4.79 Å². The number of hydrogen-bond acceptors (Lipinski definition) is 4. The van der Waals surface area contributed by atoms with E-state index >= 15 is 0 Å². The summed E-state index contributed by atoms with van der Waals surface area (Å²) >= 11 is 0. The minimum absolute atomic E-state index is 0.0506. The Hall–Kier alpha value is -1.82. The van der Waals surface area contributed by atoms with Crippen LogP contribution < -0.4 is 5.32 Å². The van der Waals surface area contributed by atoms with Crippen molar-refractivity contribution in [2.75, 3.05) is 6.61 Å². The van der Waals surface area contributed by atoms with Crippen molar-refractivity contribution in [1.29, 1.82) is 0 Å². The normalized spacial score (nSPS) is 12.1. The second kappa shape index (κ2) is 4.61. The number of nitrogens with one attached hydrogen (secondary N) is 1. The Bertz CT molecular complexity index is 370. The third-order valence-electron chi connectivity index (χ3n) is 1.85. The van der Waals surface area contributed by atoms with Gasteiger partial charge in [-0.15, -0.1) is 0 Å². The van der Waals surface area contributed by atoms with E-state index in [0.29, 0.717) is 5.56 Å². The van der Waals surface area contributed by atoms with Gasteiger partial charge in [0.25, 0.3) is 5.91 Å². The molecule has 1 rings (SSSR count). The zero-order chi connectivity index (χ0) is 11.4. The fraction of sp³-hybridized carbons (Fsp3) is 0.333. The van der Waals surface area contributed by atoms with Crippen molar-refractivity contribution in [3.05, 3.63) is 23.7 Å². The van der Waals surface area contributed by atoms with Gasteiger partial charge in [0.1, 0.15) is 0 Å². The summed E-state index contributed by atoms with van der Waals surface area (Å²) in [6, 6.07) is 0.269. The number of aliphatic carboxylic acids is 1. The monoisotopic (exact) mass is 213 g/mol. The minimum atomic E-state index is -1.32. The quantitative estimate of drug-likeness (QED) is 0.641. The van der Waals surface area contributed by atoms with Gasteiger partial charge in [0.15, 0.2) is 11.8 Å². The van der Waals surface area contributed by atoms with Crippen LogP contribution in [-0.2, 0) is 4.79 Å². The Morgan fingerprint density at radius 2 is 2.27 bits per heavy atom. The van der Waals surface area contributed by atoms with Crippen LogP contribution in [0.4, 0.5) is 0 Å². The van der Waals surface area contributed by atoms with Crippen LogP contribution in [0.3, 0.4) is 0 Å². The number of aryl methyl sites for hydroxylation is 1. The first-order valence-corrected chi connectivity index (χ1v) is 4.25. The van der Waals surface area contributed by atoms with Crippen LogP contribution in [0.2, 0.25) is 0 Å². The number of amides is 1. The number of aliphatic hydroxyl groups is 1. The molecule has 6 nitrogen and oxygen atoms in total. The summed E-state index contributed by atoms with van der Waals surface area (Å²) in [5, 5.41) is 19.4. The van der Waals surface area contributed by atoms with Crippen LogP contribution in [0.25, 0.3) is 0 Å². The van der Waals surface area contributed by atoms with E-state index in [9.17, 15) is 9.59 Å². The first-order valence-electron chi connectivity index (χ1n) is 4.25. The molecule has 0 aliphatic heterocycles. The molecule has 0 aliphatic rings. The van der Waals surface area contributed by atoms with E-state index in [-0.39, 0.29) is 5.76 Å². The molecule has 1 aromatic rings. The van der Waals surface area contributed by atoms with Crippen LogP contribution in [0, 0.1) is 6.92 Å². The van der Waals surface area contributed by atoms with Crippen LogP contribution in [-0.4, -0.2) is 34.7 Å². The molecule has 1 heterocycles. The van der Waals surface area contributed by atoms with E-state index in [1.165, 1.54) is 6.26 Å². The molecule has 0 bridgehead atoms. The average molecular weight is 213 g/mol. The molecular formula is C9H11NO5. The van der Waals surface area contributed by atoms with E-state index in [1.54, 1.807) is 13.0 Å². The highest BCUT2D eigenvalue weighted by atomic mass is 16.4. The summed E-state index contributed by atoms with van der Waals surface area (Å²) in [5.41, 5.74) is 0.606. The number of carbonyl (C=O) groups is 2. The van der Waals surface area contributed by atoms with E-state index in [1.807, 2.05) is 0 Å². The fourth-order valence-corrected chi connectivity index (χ4v) is 1.01. The van der Waals surface area contributed by atoms with Crippen LogP contribution in [0.15, 0.2) is 16.7 Å². The lowest BCUT2D eigenvalue weighted by molar-refractivity contribution is -0.140. The number of rotatable bonds is 4. The van der Waals surface area contributed by atoms with E-state index in [2.05, 4.69) is 5.32 Å². The standard InChI is InChI=1S/C9H11NO5/c1-5-2-3-15-7(5)8(12)10-6(4-11)9(13)14/h2-3,6,11H,4H2,1H3,(H,10,12)(H,13,14). The molecule has 1 aromatic heterocycles. The fourth-order valence-electron chi connectivity index (χ4n) is 1.01. The molecular weight excluding hydrogens is 202 g/mol. The summed E-state index contributed by atoms with van der Waals surface area (Å²) in [5.74, 6) is -1.90. The number of furan rings is 1. The second-order valence-corrected chi connectivity index (χ2v) is 2.98. The van der Waals surface area contributed by atoms with Gasteiger partial charge in [-0.25, -0.2) is 4.79 Å². The molecule has 1 atom stereocenters. The minimum Gasteiger partial charge on any atom is -0.480 e. The highest BCUT2D eigenvalue weighted by molar-refractivity contribution is 5.95. The first kappa shape index (κ1) is 11.3. The Morgan fingerprint density at radius 1 is 1.60 bits per heavy atom. The van der Waals surface area contributed by atoms with Gasteiger partial charge < -0.3 is 19.9 Å². The molecule has 15 heavy (non-hydrogen) atoms. The highest BCUT2D eigenvalue weighted by Gasteiger charge is 2.21. The molecule has 0 radical (unpaired) electrons. The Balaban J connectivity index is 2.71. The van der Waals surface area contributed by atoms with Gasteiger partial charge in [-0.2, -0.15) is 0 Å².